The highest BCUT2D eigenvalue weighted by Crippen LogP contribution is 2.45. The van der Waals surface area contributed by atoms with Crippen LogP contribution in [0.3, 0.4) is 0 Å². The third kappa shape index (κ3) is 5.54. The highest BCUT2D eigenvalue weighted by molar-refractivity contribution is 6.37. The third-order valence-corrected chi connectivity index (χ3v) is 13.4. The lowest BCUT2D eigenvalue weighted by atomic mass is 9.85. The molecule has 0 fully saturated rings. The fourth-order valence-electron chi connectivity index (χ4n) is 10.5. The molecule has 4 heteroatoms. The van der Waals surface area contributed by atoms with Gasteiger partial charge in [0.25, 0.3) is 0 Å². The Bertz CT molecular complexity index is 4240. The van der Waals surface area contributed by atoms with E-state index in [-0.39, 0.29) is 0 Å². The molecule has 0 N–H and O–H groups in total. The van der Waals surface area contributed by atoms with Crippen LogP contribution in [0.1, 0.15) is 0 Å². The second-order valence-electron chi connectivity index (χ2n) is 17.1. The van der Waals surface area contributed by atoms with Crippen molar-refractivity contribution in [1.82, 2.24) is 15.0 Å². The van der Waals surface area contributed by atoms with Gasteiger partial charge in [-0.05, 0) is 129 Å². The summed E-state index contributed by atoms with van der Waals surface area (Å²) in [5.41, 5.74) is 8.96. The SMILES string of the molecule is c1ccc(-c2nc(-c3cccc(-c4ccccc4-c4cc5ccc6cccc7c8cccc9ccc%10cccc(c(c4)c5c67)c%10c98)c3)nc(-c3ccc4oc5ccccc5c4c3)n2)cc1. The molecule has 2 heterocycles. The Balaban J connectivity index is 0.970. The first-order valence-corrected chi connectivity index (χ1v) is 22.1. The van der Waals surface area contributed by atoms with Gasteiger partial charge in [-0.2, -0.15) is 0 Å². The first kappa shape index (κ1) is 35.8. The number of aromatic nitrogens is 3. The lowest BCUT2D eigenvalue weighted by Gasteiger charge is -2.18. The normalized spacial score (nSPS) is 12.0. The number of benzene rings is 11. The maximum absolute atomic E-state index is 6.17. The van der Waals surface area contributed by atoms with Gasteiger partial charge in [-0.3, -0.25) is 0 Å². The van der Waals surface area contributed by atoms with Gasteiger partial charge in [0.15, 0.2) is 17.5 Å². The van der Waals surface area contributed by atoms with Crippen LogP contribution >= 0.6 is 0 Å². The molecule has 0 amide bonds. The predicted molar refractivity (Wildman–Crippen MR) is 271 cm³/mol. The number of furan rings is 1. The Hall–Kier alpha value is -8.73. The molecule has 4 nitrogen and oxygen atoms in total. The molecule has 65 heavy (non-hydrogen) atoms. The second-order valence-corrected chi connectivity index (χ2v) is 17.1. The lowest BCUT2D eigenvalue weighted by molar-refractivity contribution is 0.669. The molecule has 0 saturated heterocycles. The monoisotopic (exact) mass is 825 g/mol. The van der Waals surface area contributed by atoms with Crippen molar-refractivity contribution in [3.05, 3.63) is 212 Å². The molecule has 0 spiro atoms. The molecule has 12 aromatic carbocycles. The zero-order chi connectivity index (χ0) is 42.6. The van der Waals surface area contributed by atoms with Crippen molar-refractivity contribution in [3.63, 3.8) is 0 Å². The van der Waals surface area contributed by atoms with Gasteiger partial charge >= 0.3 is 0 Å². The first-order chi connectivity index (χ1) is 32.2. The van der Waals surface area contributed by atoms with Crippen molar-refractivity contribution in [1.29, 1.82) is 0 Å². The van der Waals surface area contributed by atoms with E-state index in [4.69, 9.17) is 19.4 Å². The van der Waals surface area contributed by atoms with E-state index >= 15 is 0 Å². The number of hydrogen-bond acceptors (Lipinski definition) is 4. The highest BCUT2D eigenvalue weighted by Gasteiger charge is 2.19. The van der Waals surface area contributed by atoms with Crippen molar-refractivity contribution in [2.45, 2.75) is 0 Å². The summed E-state index contributed by atoms with van der Waals surface area (Å²) in [5.74, 6) is 1.83. The van der Waals surface area contributed by atoms with E-state index in [1.807, 2.05) is 60.7 Å². The molecule has 0 aliphatic carbocycles. The largest absolute Gasteiger partial charge is 0.456 e. The maximum Gasteiger partial charge on any atom is 0.164 e. The van der Waals surface area contributed by atoms with Gasteiger partial charge in [-0.1, -0.05) is 170 Å². The van der Waals surface area contributed by atoms with Crippen molar-refractivity contribution in [3.8, 4) is 56.4 Å². The summed E-state index contributed by atoms with van der Waals surface area (Å²) < 4.78 is 6.17. The van der Waals surface area contributed by atoms with Gasteiger partial charge < -0.3 is 4.42 Å². The molecule has 300 valence electrons. The minimum absolute atomic E-state index is 0.604. The Morgan fingerprint density at radius 2 is 0.708 bits per heavy atom. The standard InChI is InChI=1S/C61H35N3O/c1-2-12-39(13-3-1)59-62-60(64-61(63-59)43-30-31-54-51(34-43)47-21-6-7-25-53(47)65-54)42-18-8-17-40(32-42)45-19-4-5-20-46(45)44-33-41-29-28-38-15-10-23-49-48-22-9-14-36-26-27-37-16-11-24-50(57(37)55(36)48)52(35-44)58(41)56(38)49/h1-35H. The molecule has 0 bridgehead atoms. The van der Waals surface area contributed by atoms with Gasteiger partial charge in [0.05, 0.1) is 0 Å². The van der Waals surface area contributed by atoms with Crippen molar-refractivity contribution in [2.75, 3.05) is 0 Å². The van der Waals surface area contributed by atoms with Crippen LogP contribution in [0, 0.1) is 0 Å². The Kier molecular flexibility index (Phi) is 7.65. The average molecular weight is 826 g/mol. The minimum atomic E-state index is 0.604. The van der Waals surface area contributed by atoms with Gasteiger partial charge in [-0.25, -0.2) is 15.0 Å². The molecule has 0 unspecified atom stereocenters. The van der Waals surface area contributed by atoms with Crippen LogP contribution in [0.25, 0.3) is 143 Å². The lowest BCUT2D eigenvalue weighted by Crippen LogP contribution is -2.00. The molecule has 0 aliphatic rings. The Morgan fingerprint density at radius 3 is 1.40 bits per heavy atom. The van der Waals surface area contributed by atoms with Gasteiger partial charge in [0.1, 0.15) is 11.2 Å². The molecule has 14 aromatic rings. The van der Waals surface area contributed by atoms with E-state index in [2.05, 4.69) is 152 Å². The summed E-state index contributed by atoms with van der Waals surface area (Å²) >= 11 is 0. The first-order valence-electron chi connectivity index (χ1n) is 22.1. The summed E-state index contributed by atoms with van der Waals surface area (Å²) in [7, 11) is 0. The topological polar surface area (TPSA) is 51.8 Å². The summed E-state index contributed by atoms with van der Waals surface area (Å²) in [4.78, 5) is 15.4. The van der Waals surface area contributed by atoms with E-state index in [1.165, 1.54) is 70.2 Å². The van der Waals surface area contributed by atoms with Gasteiger partial charge in [-0.15, -0.1) is 0 Å². The predicted octanol–water partition coefficient (Wildman–Crippen LogP) is 16.5. The van der Waals surface area contributed by atoms with E-state index in [9.17, 15) is 0 Å². The number of rotatable bonds is 5. The van der Waals surface area contributed by atoms with E-state index in [0.29, 0.717) is 17.5 Å². The molecule has 0 aliphatic heterocycles. The smallest absolute Gasteiger partial charge is 0.164 e. The van der Waals surface area contributed by atoms with Crippen LogP contribution < -0.4 is 0 Å². The molecule has 0 atom stereocenters. The Labute approximate surface area is 373 Å². The van der Waals surface area contributed by atoms with Crippen LogP contribution in [0.15, 0.2) is 217 Å². The highest BCUT2D eigenvalue weighted by atomic mass is 16.3. The average Bonchev–Trinajstić information content (AvgIpc) is 3.75. The molecular weight excluding hydrogens is 791 g/mol. The zero-order valence-corrected chi connectivity index (χ0v) is 35.0. The molecule has 2 aromatic heterocycles. The quantitative estimate of drug-likeness (QED) is 0.162. The molecular formula is C61H35N3O. The summed E-state index contributed by atoms with van der Waals surface area (Å²) in [6.45, 7) is 0. The fraction of sp³-hybridized carbons (Fsp3) is 0. The summed E-state index contributed by atoms with van der Waals surface area (Å²) in [6.07, 6.45) is 0. The van der Waals surface area contributed by atoms with Crippen LogP contribution in [0.2, 0.25) is 0 Å². The maximum atomic E-state index is 6.17. The molecule has 0 radical (unpaired) electrons. The van der Waals surface area contributed by atoms with Crippen LogP contribution in [-0.4, -0.2) is 15.0 Å². The van der Waals surface area contributed by atoms with Gasteiger partial charge in [0.2, 0.25) is 0 Å². The number of hydrogen-bond donors (Lipinski definition) is 0. The van der Waals surface area contributed by atoms with Crippen molar-refractivity contribution >= 4 is 86.6 Å². The summed E-state index contributed by atoms with van der Waals surface area (Å²) in [6, 6.07) is 76.1. The summed E-state index contributed by atoms with van der Waals surface area (Å²) in [5, 5.41) is 17.3. The minimum Gasteiger partial charge on any atom is -0.456 e. The number of fused-ring (bicyclic) bond motifs is 5. The van der Waals surface area contributed by atoms with E-state index in [0.717, 1.165) is 55.3 Å². The van der Waals surface area contributed by atoms with Crippen molar-refractivity contribution in [2.24, 2.45) is 0 Å². The second kappa shape index (κ2) is 13.9. The number of para-hydroxylation sites is 1. The molecule has 14 rings (SSSR count). The fourth-order valence-corrected chi connectivity index (χ4v) is 10.5. The molecule has 0 saturated carbocycles. The zero-order valence-electron chi connectivity index (χ0n) is 35.0. The van der Waals surface area contributed by atoms with Crippen LogP contribution in [0.4, 0.5) is 0 Å². The number of nitrogens with zero attached hydrogens (tertiary/aromatic N) is 3. The Morgan fingerprint density at radius 1 is 0.246 bits per heavy atom. The van der Waals surface area contributed by atoms with Crippen LogP contribution in [-0.2, 0) is 0 Å². The van der Waals surface area contributed by atoms with Crippen molar-refractivity contribution < 1.29 is 4.42 Å². The van der Waals surface area contributed by atoms with Crippen LogP contribution in [0.5, 0.6) is 0 Å². The van der Waals surface area contributed by atoms with Gasteiger partial charge in [0, 0.05) is 27.5 Å². The van der Waals surface area contributed by atoms with E-state index in [1.54, 1.807) is 0 Å². The van der Waals surface area contributed by atoms with E-state index < -0.39 is 0 Å². The third-order valence-electron chi connectivity index (χ3n) is 13.4.